The van der Waals surface area contributed by atoms with Crippen molar-refractivity contribution in [3.8, 4) is 11.5 Å². The van der Waals surface area contributed by atoms with Crippen LogP contribution in [0.15, 0.2) is 81.1 Å². The number of hydrogen-bond acceptors (Lipinski definition) is 11. The van der Waals surface area contributed by atoms with Crippen molar-refractivity contribution in [2.24, 2.45) is 10.4 Å². The number of thiophene rings is 1. The number of likely N-dealkylation sites (N-methyl/N-ethyl adjacent to an activating group) is 1. The van der Waals surface area contributed by atoms with E-state index in [4.69, 9.17) is 14.7 Å². The number of para-hydroxylation sites is 1. The number of aromatic nitrogens is 2. The lowest BCUT2D eigenvalue weighted by Gasteiger charge is -2.41. The third kappa shape index (κ3) is 7.81. The zero-order valence-corrected chi connectivity index (χ0v) is 28.7. The Morgan fingerprint density at radius 3 is 2.71 bits per heavy atom. The van der Waals surface area contributed by atoms with Gasteiger partial charge in [0, 0.05) is 60.2 Å². The summed E-state index contributed by atoms with van der Waals surface area (Å²) < 4.78 is 37.4. The molecule has 1 saturated heterocycles. The second-order valence-electron chi connectivity index (χ2n) is 11.6. The number of amidine groups is 1. The van der Waals surface area contributed by atoms with Crippen LogP contribution in [0.1, 0.15) is 19.8 Å². The number of nitrogens with zero attached hydrogens (tertiary/aromatic N) is 5. The van der Waals surface area contributed by atoms with Crippen LogP contribution in [0, 0.1) is 5.41 Å². The number of hydrogen-bond donors (Lipinski definition) is 2. The van der Waals surface area contributed by atoms with Crippen LogP contribution in [-0.2, 0) is 10.2 Å². The maximum absolute atomic E-state index is 12.8. The molecule has 0 bridgehead atoms. The average molecular weight is 684 g/mol. The molecular formula is C31H37N7O3S4. The molecule has 2 aliphatic heterocycles. The quantitative estimate of drug-likeness (QED) is 0.196. The van der Waals surface area contributed by atoms with E-state index in [1.165, 1.54) is 0 Å². The lowest BCUT2D eigenvalue weighted by atomic mass is 9.75. The summed E-state index contributed by atoms with van der Waals surface area (Å²) in [5, 5.41) is 6.29. The van der Waals surface area contributed by atoms with Crippen LogP contribution in [0.3, 0.4) is 0 Å². The fraction of sp³-hybridized carbons (Fsp3) is 0.387. The van der Waals surface area contributed by atoms with E-state index in [0.717, 1.165) is 49.5 Å². The summed E-state index contributed by atoms with van der Waals surface area (Å²) in [5.74, 6) is 2.76. The number of thioether (sulfide) groups is 1. The highest BCUT2D eigenvalue weighted by Gasteiger charge is 2.42. The van der Waals surface area contributed by atoms with Gasteiger partial charge in [0.15, 0.2) is 16.7 Å². The molecule has 6 rings (SSSR count). The Hall–Kier alpha value is -2.72. The Kier molecular flexibility index (Phi) is 9.99. The molecule has 1 fully saturated rings. The van der Waals surface area contributed by atoms with Gasteiger partial charge in [0.25, 0.3) is 10.2 Å². The Labute approximate surface area is 277 Å². The summed E-state index contributed by atoms with van der Waals surface area (Å²) in [5.41, 5.74) is 0.890. The van der Waals surface area contributed by atoms with E-state index in [1.54, 1.807) is 39.2 Å². The third-order valence-corrected chi connectivity index (χ3v) is 12.7. The number of fused-ring (bicyclic) bond motifs is 1. The van der Waals surface area contributed by atoms with Gasteiger partial charge in [-0.25, -0.2) is 9.71 Å². The first-order valence-corrected chi connectivity index (χ1v) is 18.9. The molecule has 3 aromatic heterocycles. The minimum absolute atomic E-state index is 0.0739. The van der Waals surface area contributed by atoms with Gasteiger partial charge in [-0.1, -0.05) is 48.6 Å². The molecule has 0 aliphatic carbocycles. The topological polar surface area (TPSA) is 112 Å². The monoisotopic (exact) mass is 683 g/mol. The summed E-state index contributed by atoms with van der Waals surface area (Å²) in [6.45, 7) is 4.25. The number of piperidine rings is 1. The average Bonchev–Trinajstić information content (AvgIpc) is 3.70. The third-order valence-electron chi connectivity index (χ3n) is 8.06. The molecule has 1 aromatic carbocycles. The van der Waals surface area contributed by atoms with Crippen molar-refractivity contribution in [2.45, 2.75) is 35.6 Å². The summed E-state index contributed by atoms with van der Waals surface area (Å²) in [6, 6.07) is 15.8. The molecule has 0 amide bonds. The van der Waals surface area contributed by atoms with Gasteiger partial charge in [-0.15, -0.1) is 11.3 Å². The standard InChI is InChI=1S/C31H37N7O3S4/c1-31(11-15-38(16-12-31)45(39,40)34-14-17-37(2)3)27-21-43-30(35-27)36-29-25(41-22-7-5-4-6-8-22)19-23(20-33-29)44-26-9-13-32-24-10-18-42-28(24)26/h4-10,13,18-20,27,34H,11-12,14-17,21H2,1-3H3,(H,33,35,36). The SMILES string of the molecule is CN(C)CCNS(=O)(=O)N1CCC(C)(C2CSC(Nc3ncc(Sc4ccnc5ccsc45)cc3Oc3ccccc3)=N2)CC1. The van der Waals surface area contributed by atoms with Gasteiger partial charge in [0.1, 0.15) is 5.75 Å². The predicted octanol–water partition coefficient (Wildman–Crippen LogP) is 6.02. The number of nitrogens with one attached hydrogen (secondary N) is 2. The molecule has 238 valence electrons. The van der Waals surface area contributed by atoms with Crippen LogP contribution in [0.5, 0.6) is 11.5 Å². The van der Waals surface area contributed by atoms with Gasteiger partial charge < -0.3 is 15.0 Å². The van der Waals surface area contributed by atoms with Gasteiger partial charge in [-0.05, 0) is 62.0 Å². The van der Waals surface area contributed by atoms with Crippen LogP contribution in [0.4, 0.5) is 5.82 Å². The van der Waals surface area contributed by atoms with E-state index in [9.17, 15) is 8.42 Å². The number of aliphatic imine (C=N–C) groups is 1. The molecular weight excluding hydrogens is 647 g/mol. The molecule has 0 radical (unpaired) electrons. The van der Waals surface area contributed by atoms with Crippen molar-refractivity contribution in [1.82, 2.24) is 23.9 Å². The van der Waals surface area contributed by atoms with E-state index < -0.39 is 10.2 Å². The number of pyridine rings is 2. The second-order valence-corrected chi connectivity index (χ2v) is 16.4. The summed E-state index contributed by atoms with van der Waals surface area (Å²) in [6.07, 6.45) is 5.19. The van der Waals surface area contributed by atoms with Crippen LogP contribution in [0.25, 0.3) is 10.2 Å². The van der Waals surface area contributed by atoms with Crippen LogP contribution in [0.2, 0.25) is 0 Å². The number of ether oxygens (including phenoxy) is 1. The van der Waals surface area contributed by atoms with Crippen molar-refractivity contribution in [1.29, 1.82) is 0 Å². The van der Waals surface area contributed by atoms with E-state index in [2.05, 4.69) is 27.3 Å². The molecule has 0 spiro atoms. The molecule has 2 aliphatic rings. The Balaban J connectivity index is 1.15. The number of anilines is 1. The zero-order chi connectivity index (χ0) is 31.4. The normalized spacial score (nSPS) is 18.8. The first-order chi connectivity index (χ1) is 21.7. The molecule has 4 aromatic rings. The smallest absolute Gasteiger partial charge is 0.279 e. The van der Waals surface area contributed by atoms with Crippen molar-refractivity contribution < 1.29 is 13.2 Å². The van der Waals surface area contributed by atoms with E-state index in [-0.39, 0.29) is 11.5 Å². The summed E-state index contributed by atoms with van der Waals surface area (Å²) >= 11 is 4.98. The predicted molar refractivity (Wildman–Crippen MR) is 186 cm³/mol. The lowest BCUT2D eigenvalue weighted by molar-refractivity contribution is 0.150. The molecule has 1 atom stereocenters. The minimum atomic E-state index is -3.49. The van der Waals surface area contributed by atoms with Gasteiger partial charge in [0.05, 0.1) is 16.3 Å². The Bertz CT molecular complexity index is 1760. The van der Waals surface area contributed by atoms with Crippen LogP contribution >= 0.6 is 34.9 Å². The molecule has 5 heterocycles. The fourth-order valence-electron chi connectivity index (χ4n) is 5.29. The van der Waals surface area contributed by atoms with Crippen molar-refractivity contribution in [2.75, 3.05) is 51.3 Å². The molecule has 10 nitrogen and oxygen atoms in total. The largest absolute Gasteiger partial charge is 0.453 e. The first-order valence-electron chi connectivity index (χ1n) is 14.8. The van der Waals surface area contributed by atoms with Gasteiger partial charge in [-0.2, -0.15) is 12.7 Å². The van der Waals surface area contributed by atoms with E-state index in [0.29, 0.717) is 37.7 Å². The number of benzene rings is 1. The first kappa shape index (κ1) is 32.2. The molecule has 2 N–H and O–H groups in total. The summed E-state index contributed by atoms with van der Waals surface area (Å²) in [4.78, 5) is 18.4. The highest BCUT2D eigenvalue weighted by atomic mass is 32.2. The summed E-state index contributed by atoms with van der Waals surface area (Å²) in [7, 11) is 0.366. The van der Waals surface area contributed by atoms with Gasteiger partial charge >= 0.3 is 0 Å². The molecule has 45 heavy (non-hydrogen) atoms. The Morgan fingerprint density at radius 2 is 1.93 bits per heavy atom. The van der Waals surface area contributed by atoms with E-state index in [1.807, 2.05) is 79.9 Å². The molecule has 0 saturated carbocycles. The van der Waals surface area contributed by atoms with Gasteiger partial charge in [-0.3, -0.25) is 9.98 Å². The second kappa shape index (κ2) is 14.0. The van der Waals surface area contributed by atoms with Gasteiger partial charge in [0.2, 0.25) is 0 Å². The fourth-order valence-corrected chi connectivity index (χ4v) is 9.53. The zero-order valence-electron chi connectivity index (χ0n) is 25.5. The van der Waals surface area contributed by atoms with Crippen molar-refractivity contribution in [3.05, 3.63) is 66.3 Å². The maximum atomic E-state index is 12.8. The van der Waals surface area contributed by atoms with E-state index >= 15 is 0 Å². The molecule has 1 unspecified atom stereocenters. The molecule has 14 heteroatoms. The van der Waals surface area contributed by atoms with Crippen LogP contribution in [-0.4, -0.2) is 84.8 Å². The minimum Gasteiger partial charge on any atom is -0.453 e. The lowest BCUT2D eigenvalue weighted by Crippen LogP contribution is -2.50. The Morgan fingerprint density at radius 1 is 1.13 bits per heavy atom. The van der Waals surface area contributed by atoms with Crippen molar-refractivity contribution >= 4 is 66.3 Å². The number of rotatable bonds is 11. The highest BCUT2D eigenvalue weighted by molar-refractivity contribution is 8.14. The maximum Gasteiger partial charge on any atom is 0.279 e. The highest BCUT2D eigenvalue weighted by Crippen LogP contribution is 2.42. The van der Waals surface area contributed by atoms with Crippen LogP contribution < -0.4 is 14.8 Å². The van der Waals surface area contributed by atoms with Crippen molar-refractivity contribution in [3.63, 3.8) is 0 Å².